The number of ether oxygens (including phenoxy) is 2. The Morgan fingerprint density at radius 3 is 2.80 bits per heavy atom. The number of hydrogen-bond acceptors (Lipinski definition) is 7. The van der Waals surface area contributed by atoms with Gasteiger partial charge in [-0.25, -0.2) is 9.97 Å². The molecular formula is C21H19N5O3S. The van der Waals surface area contributed by atoms with E-state index in [4.69, 9.17) is 9.47 Å². The first-order chi connectivity index (χ1) is 14.7. The summed E-state index contributed by atoms with van der Waals surface area (Å²) in [5.41, 5.74) is 3.97. The Bertz CT molecular complexity index is 1110. The molecule has 0 radical (unpaired) electrons. The normalized spacial score (nSPS) is 10.6. The van der Waals surface area contributed by atoms with Crippen LogP contribution in [0.15, 0.2) is 59.4 Å². The molecule has 0 atom stereocenters. The molecule has 2 heterocycles. The van der Waals surface area contributed by atoms with Crippen molar-refractivity contribution in [2.45, 2.75) is 13.2 Å². The molecule has 0 saturated carbocycles. The first-order valence-electron chi connectivity index (χ1n) is 9.15. The lowest BCUT2D eigenvalue weighted by Crippen LogP contribution is -2.23. The van der Waals surface area contributed by atoms with E-state index in [2.05, 4.69) is 25.5 Å². The van der Waals surface area contributed by atoms with E-state index in [1.165, 1.54) is 11.3 Å². The Morgan fingerprint density at radius 2 is 2.03 bits per heavy atom. The number of thiazole rings is 1. The molecule has 8 nitrogen and oxygen atoms in total. The number of H-pyrrole nitrogens is 1. The number of methoxy groups -OCH3 is 1. The molecule has 9 heteroatoms. The van der Waals surface area contributed by atoms with Crippen LogP contribution in [0.2, 0.25) is 0 Å². The van der Waals surface area contributed by atoms with Crippen molar-refractivity contribution in [2.24, 2.45) is 0 Å². The number of aromatic amines is 1. The second-order valence-electron chi connectivity index (χ2n) is 6.31. The molecule has 0 aliphatic rings. The van der Waals surface area contributed by atoms with Crippen molar-refractivity contribution in [1.82, 2.24) is 25.5 Å². The van der Waals surface area contributed by atoms with Gasteiger partial charge in [-0.3, -0.25) is 9.89 Å². The van der Waals surface area contributed by atoms with Gasteiger partial charge in [-0.2, -0.15) is 5.10 Å². The van der Waals surface area contributed by atoms with Gasteiger partial charge in [0, 0.05) is 16.5 Å². The van der Waals surface area contributed by atoms with E-state index in [0.717, 1.165) is 17.0 Å². The highest BCUT2D eigenvalue weighted by molar-refractivity contribution is 7.07. The number of hydrogen-bond donors (Lipinski definition) is 2. The lowest BCUT2D eigenvalue weighted by Gasteiger charge is -2.07. The van der Waals surface area contributed by atoms with Gasteiger partial charge >= 0.3 is 0 Å². The molecule has 4 aromatic rings. The number of carbonyl (C=O) groups is 1. The maximum atomic E-state index is 12.5. The molecule has 0 fully saturated rings. The van der Waals surface area contributed by atoms with E-state index in [1.807, 2.05) is 29.6 Å². The first-order valence-corrected chi connectivity index (χ1v) is 10.1. The molecule has 0 bridgehead atoms. The van der Waals surface area contributed by atoms with Gasteiger partial charge in [0.1, 0.15) is 23.9 Å². The van der Waals surface area contributed by atoms with Crippen LogP contribution < -0.4 is 14.8 Å². The van der Waals surface area contributed by atoms with Crippen LogP contribution in [0.1, 0.15) is 21.9 Å². The molecule has 4 rings (SSSR count). The third-order valence-corrected chi connectivity index (χ3v) is 4.90. The minimum absolute atomic E-state index is 0.225. The van der Waals surface area contributed by atoms with Gasteiger partial charge in [0.25, 0.3) is 5.91 Å². The molecule has 152 valence electrons. The second kappa shape index (κ2) is 9.19. The number of amides is 1. The molecule has 1 amide bonds. The van der Waals surface area contributed by atoms with Crippen LogP contribution in [0.4, 0.5) is 0 Å². The topological polar surface area (TPSA) is 102 Å². The minimum atomic E-state index is -0.225. The number of nitrogens with zero attached hydrogens (tertiary/aromatic N) is 3. The SMILES string of the molecule is COc1ccc(-c2n[nH]c(CNC(=O)c3cccc(OCc4cscn4)c3)n2)cc1. The van der Waals surface area contributed by atoms with Gasteiger partial charge in [0.15, 0.2) is 5.82 Å². The van der Waals surface area contributed by atoms with Crippen molar-refractivity contribution < 1.29 is 14.3 Å². The number of carbonyl (C=O) groups excluding carboxylic acids is 1. The molecule has 2 N–H and O–H groups in total. The number of benzene rings is 2. The zero-order valence-corrected chi connectivity index (χ0v) is 17.0. The van der Waals surface area contributed by atoms with Crippen LogP contribution in [-0.4, -0.2) is 33.2 Å². The van der Waals surface area contributed by atoms with Crippen LogP contribution >= 0.6 is 11.3 Å². The Hall–Kier alpha value is -3.72. The fourth-order valence-electron chi connectivity index (χ4n) is 2.70. The van der Waals surface area contributed by atoms with Crippen LogP contribution in [0.25, 0.3) is 11.4 Å². The van der Waals surface area contributed by atoms with Gasteiger partial charge in [-0.15, -0.1) is 11.3 Å². The summed E-state index contributed by atoms with van der Waals surface area (Å²) in [5, 5.41) is 11.8. The van der Waals surface area contributed by atoms with Gasteiger partial charge in [-0.05, 0) is 42.5 Å². The summed E-state index contributed by atoms with van der Waals surface area (Å²) in [6.45, 7) is 0.590. The van der Waals surface area contributed by atoms with Gasteiger partial charge < -0.3 is 14.8 Å². The molecule has 30 heavy (non-hydrogen) atoms. The van der Waals surface area contributed by atoms with Crippen molar-refractivity contribution in [3.05, 3.63) is 76.5 Å². The minimum Gasteiger partial charge on any atom is -0.497 e. The van der Waals surface area contributed by atoms with Crippen molar-refractivity contribution in [2.75, 3.05) is 7.11 Å². The second-order valence-corrected chi connectivity index (χ2v) is 7.03. The summed E-state index contributed by atoms with van der Waals surface area (Å²) in [4.78, 5) is 21.1. The number of nitrogens with one attached hydrogen (secondary N) is 2. The monoisotopic (exact) mass is 421 g/mol. The fraction of sp³-hybridized carbons (Fsp3) is 0.143. The highest BCUT2D eigenvalue weighted by Crippen LogP contribution is 2.19. The molecule has 2 aromatic carbocycles. The first kappa shape index (κ1) is 19.6. The van der Waals surface area contributed by atoms with Gasteiger partial charge in [-0.1, -0.05) is 6.07 Å². The number of rotatable bonds is 8. The summed E-state index contributed by atoms with van der Waals surface area (Å²) in [6.07, 6.45) is 0. The molecule has 0 spiro atoms. The molecule has 0 aliphatic heterocycles. The smallest absolute Gasteiger partial charge is 0.251 e. The lowest BCUT2D eigenvalue weighted by atomic mass is 10.2. The average molecular weight is 421 g/mol. The summed E-state index contributed by atoms with van der Waals surface area (Å²) < 4.78 is 10.9. The summed E-state index contributed by atoms with van der Waals surface area (Å²) >= 11 is 1.51. The highest BCUT2D eigenvalue weighted by Gasteiger charge is 2.10. The third kappa shape index (κ3) is 4.81. The zero-order valence-electron chi connectivity index (χ0n) is 16.2. The Kier molecular flexibility index (Phi) is 6.00. The van der Waals surface area contributed by atoms with Gasteiger partial charge in [0.2, 0.25) is 0 Å². The van der Waals surface area contributed by atoms with E-state index in [0.29, 0.717) is 29.6 Å². The third-order valence-electron chi connectivity index (χ3n) is 4.26. The van der Waals surface area contributed by atoms with E-state index < -0.39 is 0 Å². The molecule has 0 aliphatic carbocycles. The van der Waals surface area contributed by atoms with Crippen molar-refractivity contribution in [1.29, 1.82) is 0 Å². The standard InChI is InChI=1S/C21H19N5O3S/c1-28-17-7-5-14(6-8-17)20-24-19(25-26-20)10-22-21(27)15-3-2-4-18(9-15)29-11-16-12-30-13-23-16/h2-9,12-13H,10-11H2,1H3,(H,22,27)(H,24,25,26). The Morgan fingerprint density at radius 1 is 1.17 bits per heavy atom. The highest BCUT2D eigenvalue weighted by atomic mass is 32.1. The Balaban J connectivity index is 1.34. The average Bonchev–Trinajstić information content (AvgIpc) is 3.48. The van der Waals surface area contributed by atoms with Crippen molar-refractivity contribution in [3.8, 4) is 22.9 Å². The van der Waals surface area contributed by atoms with Crippen LogP contribution in [0.3, 0.4) is 0 Å². The quantitative estimate of drug-likeness (QED) is 0.452. The van der Waals surface area contributed by atoms with E-state index in [-0.39, 0.29) is 12.5 Å². The van der Waals surface area contributed by atoms with Crippen LogP contribution in [-0.2, 0) is 13.2 Å². The molecule has 2 aromatic heterocycles. The molecule has 0 unspecified atom stereocenters. The van der Waals surface area contributed by atoms with E-state index in [9.17, 15) is 4.79 Å². The Labute approximate surface area is 176 Å². The van der Waals surface area contributed by atoms with Crippen LogP contribution in [0.5, 0.6) is 11.5 Å². The summed E-state index contributed by atoms with van der Waals surface area (Å²) in [7, 11) is 1.62. The predicted octanol–water partition coefficient (Wildman–Crippen LogP) is 3.45. The maximum Gasteiger partial charge on any atom is 0.251 e. The maximum absolute atomic E-state index is 12.5. The lowest BCUT2D eigenvalue weighted by molar-refractivity contribution is 0.0949. The zero-order chi connectivity index (χ0) is 20.8. The predicted molar refractivity (Wildman–Crippen MR) is 112 cm³/mol. The molecular weight excluding hydrogens is 402 g/mol. The van der Waals surface area contributed by atoms with Crippen molar-refractivity contribution in [3.63, 3.8) is 0 Å². The summed E-state index contributed by atoms with van der Waals surface area (Å²) in [5.74, 6) is 2.26. The summed E-state index contributed by atoms with van der Waals surface area (Å²) in [6, 6.07) is 14.5. The van der Waals surface area contributed by atoms with E-state index >= 15 is 0 Å². The number of aromatic nitrogens is 4. The van der Waals surface area contributed by atoms with E-state index in [1.54, 1.807) is 36.9 Å². The van der Waals surface area contributed by atoms with Crippen LogP contribution in [0, 0.1) is 0 Å². The fourth-order valence-corrected chi connectivity index (χ4v) is 3.25. The molecule has 0 saturated heterocycles. The van der Waals surface area contributed by atoms with Gasteiger partial charge in [0.05, 0.1) is 24.9 Å². The van der Waals surface area contributed by atoms with Crippen molar-refractivity contribution >= 4 is 17.2 Å². The largest absolute Gasteiger partial charge is 0.497 e.